The van der Waals surface area contributed by atoms with Gasteiger partial charge < -0.3 is 23.7 Å². The molecule has 2 aromatic rings. The van der Waals surface area contributed by atoms with Crippen molar-refractivity contribution in [1.82, 2.24) is 0 Å². The van der Waals surface area contributed by atoms with Gasteiger partial charge in [-0.3, -0.25) is 0 Å². The molecule has 0 N–H and O–H groups in total. The summed E-state index contributed by atoms with van der Waals surface area (Å²) in [5, 5.41) is 0. The van der Waals surface area contributed by atoms with Crippen LogP contribution in [0.3, 0.4) is 0 Å². The molecule has 1 saturated heterocycles. The molecular formula is C21H24O5. The fourth-order valence-corrected chi connectivity index (χ4v) is 3.84. The van der Waals surface area contributed by atoms with E-state index in [1.165, 1.54) is 0 Å². The van der Waals surface area contributed by atoms with E-state index in [0.29, 0.717) is 11.8 Å². The van der Waals surface area contributed by atoms with Crippen molar-refractivity contribution in [3.05, 3.63) is 47.5 Å². The van der Waals surface area contributed by atoms with Crippen LogP contribution in [0.25, 0.3) is 0 Å². The maximum Gasteiger partial charge on any atom is 0.231 e. The molecule has 5 heteroatoms. The zero-order valence-corrected chi connectivity index (χ0v) is 15.5. The normalized spacial score (nSPS) is 26.8. The SMILES string of the molecule is COc1ccc([C@@H]2O[C@@H](c3ccc4c(c3)OCO4)[C@@H](C)[C@@H]2C)cc1OC. The summed E-state index contributed by atoms with van der Waals surface area (Å²) >= 11 is 0. The summed E-state index contributed by atoms with van der Waals surface area (Å²) in [6, 6.07) is 12.1. The van der Waals surface area contributed by atoms with Crippen LogP contribution in [0.5, 0.6) is 23.0 Å². The highest BCUT2D eigenvalue weighted by Crippen LogP contribution is 2.50. The molecule has 1 fully saturated rings. The van der Waals surface area contributed by atoms with Crippen LogP contribution in [0.15, 0.2) is 36.4 Å². The van der Waals surface area contributed by atoms with Crippen molar-refractivity contribution in [1.29, 1.82) is 0 Å². The molecule has 5 nitrogen and oxygen atoms in total. The number of fused-ring (bicyclic) bond motifs is 1. The van der Waals surface area contributed by atoms with Crippen molar-refractivity contribution in [3.8, 4) is 23.0 Å². The van der Waals surface area contributed by atoms with Gasteiger partial charge in [-0.1, -0.05) is 26.0 Å². The average Bonchev–Trinajstić information content (AvgIpc) is 3.25. The molecule has 138 valence electrons. The molecule has 0 aliphatic carbocycles. The van der Waals surface area contributed by atoms with E-state index in [2.05, 4.69) is 26.0 Å². The second kappa shape index (κ2) is 6.72. The summed E-state index contributed by atoms with van der Waals surface area (Å²) < 4.78 is 28.2. The monoisotopic (exact) mass is 356 g/mol. The minimum absolute atomic E-state index is 0.000212. The Balaban J connectivity index is 1.62. The zero-order chi connectivity index (χ0) is 18.3. The van der Waals surface area contributed by atoms with E-state index >= 15 is 0 Å². The molecule has 0 bridgehead atoms. The predicted molar refractivity (Wildman–Crippen MR) is 97.0 cm³/mol. The van der Waals surface area contributed by atoms with Gasteiger partial charge in [-0.05, 0) is 47.2 Å². The first-order chi connectivity index (χ1) is 12.6. The van der Waals surface area contributed by atoms with Crippen LogP contribution in [0.4, 0.5) is 0 Å². The van der Waals surface area contributed by atoms with Gasteiger partial charge in [-0.25, -0.2) is 0 Å². The topological polar surface area (TPSA) is 46.2 Å². The van der Waals surface area contributed by atoms with Crippen molar-refractivity contribution in [2.75, 3.05) is 21.0 Å². The Morgan fingerprint density at radius 3 is 2.08 bits per heavy atom. The average molecular weight is 356 g/mol. The van der Waals surface area contributed by atoms with Crippen LogP contribution in [-0.4, -0.2) is 21.0 Å². The largest absolute Gasteiger partial charge is 0.493 e. The van der Waals surface area contributed by atoms with Crippen molar-refractivity contribution in [2.24, 2.45) is 11.8 Å². The molecule has 0 radical (unpaired) electrons. The lowest BCUT2D eigenvalue weighted by Gasteiger charge is -2.18. The van der Waals surface area contributed by atoms with Crippen molar-refractivity contribution >= 4 is 0 Å². The highest BCUT2D eigenvalue weighted by molar-refractivity contribution is 5.46. The van der Waals surface area contributed by atoms with E-state index in [0.717, 1.165) is 34.1 Å². The number of ether oxygens (including phenoxy) is 5. The van der Waals surface area contributed by atoms with Crippen LogP contribution in [0.2, 0.25) is 0 Å². The Morgan fingerprint density at radius 2 is 1.38 bits per heavy atom. The molecule has 2 aliphatic heterocycles. The van der Waals surface area contributed by atoms with Gasteiger partial charge in [0.2, 0.25) is 6.79 Å². The number of benzene rings is 2. The van der Waals surface area contributed by atoms with Crippen molar-refractivity contribution in [3.63, 3.8) is 0 Å². The summed E-state index contributed by atoms with van der Waals surface area (Å²) in [4.78, 5) is 0. The standard InChI is InChI=1S/C21H24O5/c1-12-13(2)21(15-6-8-17-19(10-15)25-11-24-17)26-20(12)14-5-7-16(22-3)18(9-14)23-4/h5-10,12-13,20-21H,11H2,1-4H3/t12-,13-,20+,21+/m0/s1. The molecule has 0 saturated carbocycles. The molecular weight excluding hydrogens is 332 g/mol. The highest BCUT2D eigenvalue weighted by Gasteiger charge is 2.41. The summed E-state index contributed by atoms with van der Waals surface area (Å²) in [6.45, 7) is 4.75. The van der Waals surface area contributed by atoms with E-state index in [1.54, 1.807) is 14.2 Å². The molecule has 4 rings (SSSR count). The van der Waals surface area contributed by atoms with Crippen molar-refractivity contribution < 1.29 is 23.7 Å². The van der Waals surface area contributed by atoms with Gasteiger partial charge in [0.05, 0.1) is 26.4 Å². The molecule has 2 aromatic carbocycles. The van der Waals surface area contributed by atoms with E-state index < -0.39 is 0 Å². The molecule has 2 aliphatic rings. The molecule has 0 amide bonds. The Kier molecular flexibility index (Phi) is 4.41. The summed E-state index contributed by atoms with van der Waals surface area (Å²) in [7, 11) is 3.29. The third kappa shape index (κ3) is 2.76. The summed E-state index contributed by atoms with van der Waals surface area (Å²) in [5.41, 5.74) is 2.22. The first kappa shape index (κ1) is 17.0. The second-order valence-electron chi connectivity index (χ2n) is 6.92. The summed E-state index contributed by atoms with van der Waals surface area (Å²) in [5.74, 6) is 3.77. The van der Waals surface area contributed by atoms with Gasteiger partial charge >= 0.3 is 0 Å². The maximum absolute atomic E-state index is 6.50. The second-order valence-corrected chi connectivity index (χ2v) is 6.92. The van der Waals surface area contributed by atoms with Gasteiger partial charge in [0.25, 0.3) is 0 Å². The zero-order valence-electron chi connectivity index (χ0n) is 15.5. The lowest BCUT2D eigenvalue weighted by Crippen LogP contribution is -2.10. The van der Waals surface area contributed by atoms with E-state index in [9.17, 15) is 0 Å². The Morgan fingerprint density at radius 1 is 0.769 bits per heavy atom. The highest BCUT2D eigenvalue weighted by atomic mass is 16.7. The summed E-state index contributed by atoms with van der Waals surface area (Å²) in [6.07, 6.45) is 0.0119. The first-order valence-corrected chi connectivity index (χ1v) is 8.89. The number of methoxy groups -OCH3 is 2. The first-order valence-electron chi connectivity index (χ1n) is 8.89. The van der Waals surface area contributed by atoms with Crippen LogP contribution >= 0.6 is 0 Å². The van der Waals surface area contributed by atoms with Crippen LogP contribution in [0, 0.1) is 11.8 Å². The van der Waals surface area contributed by atoms with Crippen molar-refractivity contribution in [2.45, 2.75) is 26.1 Å². The fourth-order valence-electron chi connectivity index (χ4n) is 3.84. The Bertz CT molecular complexity index is 803. The maximum atomic E-state index is 6.50. The van der Waals surface area contributed by atoms with Gasteiger partial charge in [0.1, 0.15) is 0 Å². The molecule has 0 aromatic heterocycles. The van der Waals surface area contributed by atoms with E-state index in [-0.39, 0.29) is 19.0 Å². The number of hydrogen-bond donors (Lipinski definition) is 0. The molecule has 26 heavy (non-hydrogen) atoms. The Labute approximate surface area is 153 Å². The van der Waals surface area contributed by atoms with Gasteiger partial charge in [0, 0.05) is 0 Å². The van der Waals surface area contributed by atoms with E-state index in [1.807, 2.05) is 24.3 Å². The minimum Gasteiger partial charge on any atom is -0.493 e. The number of rotatable bonds is 4. The fraction of sp³-hybridized carbons (Fsp3) is 0.429. The smallest absolute Gasteiger partial charge is 0.231 e. The molecule has 0 unspecified atom stereocenters. The third-order valence-electron chi connectivity index (χ3n) is 5.54. The third-order valence-corrected chi connectivity index (χ3v) is 5.54. The van der Waals surface area contributed by atoms with Crippen LogP contribution in [0.1, 0.15) is 37.2 Å². The minimum atomic E-state index is 0.000212. The van der Waals surface area contributed by atoms with Gasteiger partial charge in [-0.15, -0.1) is 0 Å². The Hall–Kier alpha value is -2.40. The van der Waals surface area contributed by atoms with Crippen LogP contribution in [-0.2, 0) is 4.74 Å². The van der Waals surface area contributed by atoms with Crippen LogP contribution < -0.4 is 18.9 Å². The molecule has 4 atom stereocenters. The lowest BCUT2D eigenvalue weighted by molar-refractivity contribution is 0.0288. The number of hydrogen-bond acceptors (Lipinski definition) is 5. The predicted octanol–water partition coefficient (Wildman–Crippen LogP) is 4.52. The molecule has 2 heterocycles. The molecule has 0 spiro atoms. The van der Waals surface area contributed by atoms with Gasteiger partial charge in [-0.2, -0.15) is 0 Å². The quantitative estimate of drug-likeness (QED) is 0.806. The van der Waals surface area contributed by atoms with Gasteiger partial charge in [0.15, 0.2) is 23.0 Å². The van der Waals surface area contributed by atoms with E-state index in [4.69, 9.17) is 23.7 Å². The lowest BCUT2D eigenvalue weighted by atomic mass is 9.85.